The Morgan fingerprint density at radius 3 is 2.48 bits per heavy atom. The Labute approximate surface area is 176 Å². The van der Waals surface area contributed by atoms with Crippen molar-refractivity contribution in [2.75, 3.05) is 13.7 Å². The van der Waals surface area contributed by atoms with Crippen LogP contribution in [-0.2, 0) is 6.18 Å². The summed E-state index contributed by atoms with van der Waals surface area (Å²) in [5.74, 6) is 0.190. The van der Waals surface area contributed by atoms with Gasteiger partial charge in [0.15, 0.2) is 11.5 Å². The molecule has 3 rings (SSSR count). The summed E-state index contributed by atoms with van der Waals surface area (Å²) >= 11 is 0. The van der Waals surface area contributed by atoms with Crippen molar-refractivity contribution in [3.05, 3.63) is 41.4 Å². The highest BCUT2D eigenvalue weighted by Crippen LogP contribution is 2.37. The summed E-state index contributed by atoms with van der Waals surface area (Å²) in [6.07, 6.45) is -4.61. The fraction of sp³-hybridized carbons (Fsp3) is 0.381. The maximum Gasteiger partial charge on any atom is 0.433 e. The van der Waals surface area contributed by atoms with Crippen LogP contribution < -0.4 is 15.8 Å². The third-order valence-electron chi connectivity index (χ3n) is 4.51. The first-order valence-electron chi connectivity index (χ1n) is 9.62. The van der Waals surface area contributed by atoms with Crippen molar-refractivity contribution in [3.8, 4) is 17.2 Å². The molecule has 1 amide bonds. The minimum atomic E-state index is -4.61. The Morgan fingerprint density at radius 2 is 1.90 bits per heavy atom. The van der Waals surface area contributed by atoms with E-state index in [2.05, 4.69) is 15.3 Å². The van der Waals surface area contributed by atoms with Gasteiger partial charge >= 0.3 is 6.18 Å². The zero-order chi connectivity index (χ0) is 22.9. The number of oxazole rings is 1. The number of rotatable bonds is 6. The molecule has 0 unspecified atom stereocenters. The molecule has 1 aromatic carbocycles. The quantitative estimate of drug-likeness (QED) is 0.596. The number of fused-ring (bicyclic) bond motifs is 1. The molecule has 0 saturated heterocycles. The Hall–Kier alpha value is -3.14. The fourth-order valence-corrected chi connectivity index (χ4v) is 3.00. The molecule has 0 aliphatic carbocycles. The zero-order valence-corrected chi connectivity index (χ0v) is 17.5. The summed E-state index contributed by atoms with van der Waals surface area (Å²) in [5.41, 5.74) is 5.31. The first-order chi connectivity index (χ1) is 14.5. The fourth-order valence-electron chi connectivity index (χ4n) is 3.00. The number of hydrogen-bond acceptors (Lipinski definition) is 6. The molecule has 0 aliphatic heterocycles. The number of nitrogens with zero attached hydrogens (tertiary/aromatic N) is 2. The number of pyridine rings is 1. The summed E-state index contributed by atoms with van der Waals surface area (Å²) in [7, 11) is 1.34. The highest BCUT2D eigenvalue weighted by molar-refractivity contribution is 5.98. The average molecular weight is 436 g/mol. The number of amides is 1. The average Bonchev–Trinajstić information content (AvgIpc) is 3.15. The molecular formula is C21H23F3N4O3. The normalized spacial score (nSPS) is 12.9. The summed E-state index contributed by atoms with van der Waals surface area (Å²) in [6, 6.07) is 4.58. The van der Waals surface area contributed by atoms with Crippen molar-refractivity contribution < 1.29 is 27.1 Å². The Kier molecular flexibility index (Phi) is 6.21. The van der Waals surface area contributed by atoms with E-state index in [1.165, 1.54) is 19.2 Å². The largest absolute Gasteiger partial charge is 0.494 e. The minimum absolute atomic E-state index is 0.00109. The van der Waals surface area contributed by atoms with Crippen molar-refractivity contribution in [2.45, 2.75) is 33.0 Å². The Bertz CT molecular complexity index is 1110. The van der Waals surface area contributed by atoms with Crippen LogP contribution >= 0.6 is 0 Å². The van der Waals surface area contributed by atoms with Gasteiger partial charge in [-0.15, -0.1) is 0 Å². The van der Waals surface area contributed by atoms with Crippen LogP contribution in [0.4, 0.5) is 13.2 Å². The van der Waals surface area contributed by atoms with Gasteiger partial charge in [0.05, 0.1) is 13.2 Å². The van der Waals surface area contributed by atoms with Gasteiger partial charge in [0.25, 0.3) is 5.91 Å². The first-order valence-corrected chi connectivity index (χ1v) is 9.62. The SMILES string of the molecule is COc1ccc(-c2nc(C(=O)NCC(C)C)c([C@H](C)N)o2)c2ccc(C(F)(F)F)nc12. The highest BCUT2D eigenvalue weighted by atomic mass is 19.4. The molecular weight excluding hydrogens is 413 g/mol. The first kappa shape index (κ1) is 22.5. The number of benzene rings is 1. The third kappa shape index (κ3) is 4.63. The number of carbonyl (C=O) groups is 1. The molecule has 0 bridgehead atoms. The van der Waals surface area contributed by atoms with E-state index in [0.29, 0.717) is 17.5 Å². The summed E-state index contributed by atoms with van der Waals surface area (Å²) in [4.78, 5) is 20.6. The van der Waals surface area contributed by atoms with E-state index in [1.807, 2.05) is 13.8 Å². The van der Waals surface area contributed by atoms with Gasteiger partial charge in [0.1, 0.15) is 17.0 Å². The van der Waals surface area contributed by atoms with Crippen LogP contribution in [0.2, 0.25) is 0 Å². The lowest BCUT2D eigenvalue weighted by molar-refractivity contribution is -0.140. The second kappa shape index (κ2) is 8.54. The predicted molar refractivity (Wildman–Crippen MR) is 109 cm³/mol. The van der Waals surface area contributed by atoms with E-state index in [0.717, 1.165) is 6.07 Å². The van der Waals surface area contributed by atoms with Crippen molar-refractivity contribution >= 4 is 16.8 Å². The summed E-state index contributed by atoms with van der Waals surface area (Å²) < 4.78 is 50.4. The van der Waals surface area contributed by atoms with E-state index in [9.17, 15) is 18.0 Å². The Balaban J connectivity index is 2.15. The van der Waals surface area contributed by atoms with Crippen LogP contribution in [0.1, 0.15) is 48.8 Å². The van der Waals surface area contributed by atoms with E-state index in [-0.39, 0.29) is 34.5 Å². The lowest BCUT2D eigenvalue weighted by atomic mass is 10.1. The van der Waals surface area contributed by atoms with Gasteiger partial charge in [0.2, 0.25) is 5.89 Å². The van der Waals surface area contributed by atoms with E-state index in [1.54, 1.807) is 13.0 Å². The molecule has 0 aliphatic rings. The van der Waals surface area contributed by atoms with Crippen LogP contribution in [0.3, 0.4) is 0 Å². The molecule has 0 spiro atoms. The number of methoxy groups -OCH3 is 1. The number of carbonyl (C=O) groups excluding carboxylic acids is 1. The molecule has 0 fully saturated rings. The highest BCUT2D eigenvalue weighted by Gasteiger charge is 2.33. The van der Waals surface area contributed by atoms with Gasteiger partial charge < -0.3 is 20.2 Å². The molecule has 10 heteroatoms. The molecule has 31 heavy (non-hydrogen) atoms. The summed E-state index contributed by atoms with van der Waals surface area (Å²) in [5, 5.41) is 3.10. The predicted octanol–water partition coefficient (Wildman–Crippen LogP) is 4.32. The number of nitrogens with one attached hydrogen (secondary N) is 1. The maximum absolute atomic E-state index is 13.1. The van der Waals surface area contributed by atoms with Crippen LogP contribution in [0.5, 0.6) is 5.75 Å². The molecule has 1 atom stereocenters. The van der Waals surface area contributed by atoms with E-state index >= 15 is 0 Å². The number of hydrogen-bond donors (Lipinski definition) is 2. The van der Waals surface area contributed by atoms with Crippen LogP contribution in [-0.4, -0.2) is 29.5 Å². The van der Waals surface area contributed by atoms with Crippen molar-refractivity contribution in [1.29, 1.82) is 0 Å². The Morgan fingerprint density at radius 1 is 1.19 bits per heavy atom. The molecule has 7 nitrogen and oxygen atoms in total. The molecule has 3 aromatic rings. The van der Waals surface area contributed by atoms with Gasteiger partial charge in [-0.3, -0.25) is 4.79 Å². The van der Waals surface area contributed by atoms with Gasteiger partial charge in [-0.25, -0.2) is 9.97 Å². The van der Waals surface area contributed by atoms with Crippen LogP contribution in [0.15, 0.2) is 28.7 Å². The van der Waals surface area contributed by atoms with Crippen molar-refractivity contribution in [1.82, 2.24) is 15.3 Å². The standard InChI is InChI=1S/C21H23F3N4O3/c1-10(2)9-26-19(29)17-18(11(3)25)31-20(28-17)13-5-7-14(30-4)16-12(13)6-8-15(27-16)21(22,23)24/h5-8,10-11H,9,25H2,1-4H3,(H,26,29)/t11-/m0/s1. The molecule has 2 aromatic heterocycles. The number of nitrogens with two attached hydrogens (primary N) is 1. The monoisotopic (exact) mass is 436 g/mol. The molecule has 3 N–H and O–H groups in total. The van der Waals surface area contributed by atoms with Crippen LogP contribution in [0.25, 0.3) is 22.4 Å². The number of ether oxygens (including phenoxy) is 1. The summed E-state index contributed by atoms with van der Waals surface area (Å²) in [6.45, 7) is 5.99. The molecule has 2 heterocycles. The zero-order valence-electron chi connectivity index (χ0n) is 17.5. The lowest BCUT2D eigenvalue weighted by Gasteiger charge is -2.11. The lowest BCUT2D eigenvalue weighted by Crippen LogP contribution is -2.29. The minimum Gasteiger partial charge on any atom is -0.494 e. The third-order valence-corrected chi connectivity index (χ3v) is 4.51. The van der Waals surface area contributed by atoms with Gasteiger partial charge in [-0.1, -0.05) is 13.8 Å². The second-order valence-electron chi connectivity index (χ2n) is 7.53. The maximum atomic E-state index is 13.1. The topological polar surface area (TPSA) is 103 Å². The van der Waals surface area contributed by atoms with Crippen molar-refractivity contribution in [2.24, 2.45) is 11.7 Å². The van der Waals surface area contributed by atoms with E-state index < -0.39 is 23.8 Å². The second-order valence-corrected chi connectivity index (χ2v) is 7.53. The number of aromatic nitrogens is 2. The van der Waals surface area contributed by atoms with Crippen LogP contribution in [0, 0.1) is 5.92 Å². The van der Waals surface area contributed by atoms with E-state index in [4.69, 9.17) is 14.9 Å². The smallest absolute Gasteiger partial charge is 0.433 e. The number of alkyl halides is 3. The molecule has 0 saturated carbocycles. The number of halogens is 3. The van der Waals surface area contributed by atoms with Gasteiger partial charge in [-0.2, -0.15) is 13.2 Å². The van der Waals surface area contributed by atoms with Gasteiger partial charge in [0, 0.05) is 17.5 Å². The van der Waals surface area contributed by atoms with Crippen molar-refractivity contribution in [3.63, 3.8) is 0 Å². The molecule has 0 radical (unpaired) electrons. The van der Waals surface area contributed by atoms with Gasteiger partial charge in [-0.05, 0) is 37.1 Å². The molecule has 166 valence electrons.